The molecule has 0 heterocycles. The quantitative estimate of drug-likeness (QED) is 0.163. The van der Waals surface area contributed by atoms with E-state index in [-0.39, 0.29) is 43.3 Å². The fourth-order valence-corrected chi connectivity index (χ4v) is 2.76. The van der Waals surface area contributed by atoms with E-state index in [0.717, 1.165) is 0 Å². The standard InChI is InChI=1S/C19H33N3O8/c1-2-12(15(24)11-23)5-3-4-10-21-16(25)9-7-14(19(29)30)22-17(26)8-6-13(20)18(27)28/h12-14,23H,2-11,20H2,1H3,(H,21,25)(H,22,26)(H,27,28)(H,29,30)/t12-,13-,14-/m0/s1. The molecule has 0 aromatic heterocycles. The van der Waals surface area contributed by atoms with Crippen molar-refractivity contribution < 1.29 is 39.3 Å². The molecule has 0 saturated carbocycles. The van der Waals surface area contributed by atoms with Crippen LogP contribution >= 0.6 is 0 Å². The summed E-state index contributed by atoms with van der Waals surface area (Å²) in [5.41, 5.74) is 5.29. The lowest BCUT2D eigenvalue weighted by Crippen LogP contribution is -2.42. The number of unbranched alkanes of at least 4 members (excludes halogenated alkanes) is 1. The zero-order valence-corrected chi connectivity index (χ0v) is 17.3. The second-order valence-electron chi connectivity index (χ2n) is 7.06. The Balaban J connectivity index is 4.16. The molecular weight excluding hydrogens is 398 g/mol. The van der Waals surface area contributed by atoms with E-state index < -0.39 is 36.5 Å². The number of ketones is 1. The van der Waals surface area contributed by atoms with Crippen LogP contribution in [0.25, 0.3) is 0 Å². The van der Waals surface area contributed by atoms with Crippen molar-refractivity contribution in [2.24, 2.45) is 11.7 Å². The molecule has 0 aliphatic heterocycles. The maximum absolute atomic E-state index is 11.9. The van der Waals surface area contributed by atoms with Crippen LogP contribution in [0.4, 0.5) is 0 Å². The van der Waals surface area contributed by atoms with Crippen molar-refractivity contribution in [3.05, 3.63) is 0 Å². The second-order valence-corrected chi connectivity index (χ2v) is 7.06. The van der Waals surface area contributed by atoms with E-state index in [1.807, 2.05) is 6.92 Å². The van der Waals surface area contributed by atoms with Gasteiger partial charge in [-0.3, -0.25) is 19.2 Å². The molecule has 0 aliphatic rings. The minimum Gasteiger partial charge on any atom is -0.480 e. The summed E-state index contributed by atoms with van der Waals surface area (Å²) in [5, 5.41) is 31.6. The Morgan fingerprint density at radius 2 is 1.53 bits per heavy atom. The lowest BCUT2D eigenvalue weighted by atomic mass is 9.95. The molecule has 0 fully saturated rings. The van der Waals surface area contributed by atoms with Crippen molar-refractivity contribution in [3.63, 3.8) is 0 Å². The maximum Gasteiger partial charge on any atom is 0.326 e. The van der Waals surface area contributed by atoms with E-state index in [1.54, 1.807) is 0 Å². The zero-order chi connectivity index (χ0) is 23.1. The Bertz CT molecular complexity index is 596. The highest BCUT2D eigenvalue weighted by atomic mass is 16.4. The Labute approximate surface area is 175 Å². The summed E-state index contributed by atoms with van der Waals surface area (Å²) in [6, 6.07) is -2.47. The lowest BCUT2D eigenvalue weighted by molar-refractivity contribution is -0.142. The summed E-state index contributed by atoms with van der Waals surface area (Å²) in [5.74, 6) is -3.93. The van der Waals surface area contributed by atoms with Gasteiger partial charge in [-0.05, 0) is 32.1 Å². The fourth-order valence-electron chi connectivity index (χ4n) is 2.76. The highest BCUT2D eigenvalue weighted by Gasteiger charge is 2.22. The Kier molecular flexibility index (Phi) is 14.0. The van der Waals surface area contributed by atoms with Gasteiger partial charge < -0.3 is 31.7 Å². The van der Waals surface area contributed by atoms with Gasteiger partial charge in [-0.1, -0.05) is 13.3 Å². The molecule has 11 heteroatoms. The molecule has 0 bridgehead atoms. The number of amides is 2. The normalized spacial score (nSPS) is 13.7. The van der Waals surface area contributed by atoms with Crippen molar-refractivity contribution in [2.45, 2.75) is 70.4 Å². The molecule has 3 atom stereocenters. The van der Waals surface area contributed by atoms with Gasteiger partial charge in [-0.2, -0.15) is 0 Å². The summed E-state index contributed by atoms with van der Waals surface area (Å²) in [6.07, 6.45) is 2.05. The molecule has 0 unspecified atom stereocenters. The topological polar surface area (TPSA) is 196 Å². The molecule has 0 aromatic rings. The molecule has 0 radical (unpaired) electrons. The minimum absolute atomic E-state index is 0.105. The number of hydrogen-bond acceptors (Lipinski definition) is 7. The highest BCUT2D eigenvalue weighted by molar-refractivity contribution is 5.85. The summed E-state index contributed by atoms with van der Waals surface area (Å²) in [6.45, 7) is 1.78. The third kappa shape index (κ3) is 12.1. The van der Waals surface area contributed by atoms with Crippen LogP contribution < -0.4 is 16.4 Å². The van der Waals surface area contributed by atoms with E-state index in [2.05, 4.69) is 10.6 Å². The van der Waals surface area contributed by atoms with Crippen molar-refractivity contribution in [1.82, 2.24) is 10.6 Å². The van der Waals surface area contributed by atoms with Gasteiger partial charge >= 0.3 is 11.9 Å². The average molecular weight is 431 g/mol. The van der Waals surface area contributed by atoms with E-state index >= 15 is 0 Å². The number of hydrogen-bond donors (Lipinski definition) is 6. The average Bonchev–Trinajstić information content (AvgIpc) is 2.70. The van der Waals surface area contributed by atoms with Crippen LogP contribution in [0, 0.1) is 5.92 Å². The number of nitrogens with one attached hydrogen (secondary N) is 2. The summed E-state index contributed by atoms with van der Waals surface area (Å²) in [4.78, 5) is 57.0. The number of carbonyl (C=O) groups is 5. The van der Waals surface area contributed by atoms with Crippen LogP contribution in [0.5, 0.6) is 0 Å². The number of aliphatic hydroxyl groups is 1. The van der Waals surface area contributed by atoms with Gasteiger partial charge in [-0.25, -0.2) is 4.79 Å². The summed E-state index contributed by atoms with van der Waals surface area (Å²) >= 11 is 0. The second kappa shape index (κ2) is 15.3. The third-order valence-electron chi connectivity index (χ3n) is 4.70. The number of Topliss-reactive ketones (excluding diaryl/α,β-unsaturated/α-hetero) is 1. The molecule has 2 amide bonds. The van der Waals surface area contributed by atoms with Crippen LogP contribution in [-0.4, -0.2) is 70.1 Å². The smallest absolute Gasteiger partial charge is 0.326 e. The Hall–Kier alpha value is -2.53. The van der Waals surface area contributed by atoms with Gasteiger partial charge in [0.05, 0.1) is 0 Å². The molecule has 172 valence electrons. The van der Waals surface area contributed by atoms with E-state index in [0.29, 0.717) is 32.2 Å². The molecular formula is C19H33N3O8. The number of nitrogens with two attached hydrogens (primary N) is 1. The molecule has 30 heavy (non-hydrogen) atoms. The first kappa shape index (κ1) is 27.5. The molecule has 0 saturated heterocycles. The van der Waals surface area contributed by atoms with Gasteiger partial charge in [0.2, 0.25) is 11.8 Å². The van der Waals surface area contributed by atoms with Gasteiger partial charge in [0.25, 0.3) is 0 Å². The molecule has 0 aromatic carbocycles. The fraction of sp³-hybridized carbons (Fsp3) is 0.737. The largest absolute Gasteiger partial charge is 0.480 e. The number of carboxylic acid groups (broad SMARTS) is 2. The predicted octanol–water partition coefficient (Wildman–Crippen LogP) is -0.598. The van der Waals surface area contributed by atoms with E-state index in [9.17, 15) is 29.1 Å². The molecule has 0 aliphatic carbocycles. The molecule has 11 nitrogen and oxygen atoms in total. The maximum atomic E-state index is 11.9. The first-order chi connectivity index (χ1) is 14.1. The molecule has 0 rings (SSSR count). The van der Waals surface area contributed by atoms with Crippen molar-refractivity contribution >= 4 is 29.5 Å². The van der Waals surface area contributed by atoms with Crippen LogP contribution in [0.1, 0.15) is 58.3 Å². The van der Waals surface area contributed by atoms with Gasteiger partial charge in [0, 0.05) is 25.3 Å². The molecule has 7 N–H and O–H groups in total. The van der Waals surface area contributed by atoms with E-state index in [1.165, 1.54) is 0 Å². The highest BCUT2D eigenvalue weighted by Crippen LogP contribution is 2.13. The van der Waals surface area contributed by atoms with Crippen LogP contribution in [-0.2, 0) is 24.0 Å². The molecule has 0 spiro atoms. The zero-order valence-electron chi connectivity index (χ0n) is 17.3. The number of aliphatic carboxylic acids is 2. The Morgan fingerprint density at radius 1 is 0.900 bits per heavy atom. The Morgan fingerprint density at radius 3 is 2.07 bits per heavy atom. The van der Waals surface area contributed by atoms with Crippen LogP contribution in [0.2, 0.25) is 0 Å². The summed E-state index contributed by atoms with van der Waals surface area (Å²) < 4.78 is 0. The van der Waals surface area contributed by atoms with Crippen LogP contribution in [0.3, 0.4) is 0 Å². The van der Waals surface area contributed by atoms with Crippen molar-refractivity contribution in [1.29, 1.82) is 0 Å². The first-order valence-corrected chi connectivity index (χ1v) is 10.0. The van der Waals surface area contributed by atoms with Gasteiger partial charge in [0.1, 0.15) is 18.7 Å². The third-order valence-corrected chi connectivity index (χ3v) is 4.70. The van der Waals surface area contributed by atoms with Gasteiger partial charge in [-0.15, -0.1) is 0 Å². The number of rotatable bonds is 17. The first-order valence-electron chi connectivity index (χ1n) is 10.0. The summed E-state index contributed by atoms with van der Waals surface area (Å²) in [7, 11) is 0. The van der Waals surface area contributed by atoms with Crippen molar-refractivity contribution in [3.8, 4) is 0 Å². The predicted molar refractivity (Wildman–Crippen MR) is 106 cm³/mol. The van der Waals surface area contributed by atoms with Crippen molar-refractivity contribution in [2.75, 3.05) is 13.2 Å². The number of aliphatic hydroxyl groups excluding tert-OH is 1. The van der Waals surface area contributed by atoms with E-state index in [4.69, 9.17) is 15.9 Å². The number of carbonyl (C=O) groups excluding carboxylic acids is 3. The monoisotopic (exact) mass is 431 g/mol. The van der Waals surface area contributed by atoms with Crippen LogP contribution in [0.15, 0.2) is 0 Å². The van der Waals surface area contributed by atoms with Gasteiger partial charge in [0.15, 0.2) is 5.78 Å². The lowest BCUT2D eigenvalue weighted by Gasteiger charge is -2.15. The SMILES string of the molecule is CC[C@@H](CCCCNC(=O)CC[C@H](NC(=O)CC[C@H](N)C(=O)O)C(=O)O)C(=O)CO. The minimum atomic E-state index is -1.29. The number of carboxylic acids is 2.